The Labute approximate surface area is 225 Å². The van der Waals surface area contributed by atoms with Gasteiger partial charge in [0.15, 0.2) is 12.6 Å². The summed E-state index contributed by atoms with van der Waals surface area (Å²) in [6.07, 6.45) is -14.1. The minimum atomic E-state index is -2.23. The van der Waals surface area contributed by atoms with Crippen molar-refractivity contribution < 1.29 is 58.7 Å². The Bertz CT molecular complexity index is 518. The van der Waals surface area contributed by atoms with E-state index in [1.807, 2.05) is 0 Å². The first-order valence-corrected chi connectivity index (χ1v) is 16.1. The molecule has 11 nitrogen and oxygen atoms in total. The van der Waals surface area contributed by atoms with Crippen LogP contribution in [0.15, 0.2) is 0 Å². The van der Waals surface area contributed by atoms with Crippen LogP contribution in [-0.2, 0) is 23.7 Å². The maximum absolute atomic E-state index is 13.6. The predicted molar refractivity (Wildman–Crippen MR) is 133 cm³/mol. The minimum Gasteiger partial charge on any atom is -0.394 e. The molecule has 0 radical (unpaired) electrons. The monoisotopic (exact) mass is 810 g/mol. The van der Waals surface area contributed by atoms with Crippen LogP contribution in [0.5, 0.6) is 0 Å². The van der Waals surface area contributed by atoms with Gasteiger partial charge in [0.2, 0.25) is 6.36 Å². The first-order chi connectivity index (χ1) is 14.9. The second kappa shape index (κ2) is 15.7. The number of ether oxygens (including phenoxy) is 5. The highest BCUT2D eigenvalue weighted by Crippen LogP contribution is 2.31. The van der Waals surface area contributed by atoms with Crippen molar-refractivity contribution in [1.82, 2.24) is 0 Å². The molecule has 3 heterocycles. The lowest BCUT2D eigenvalue weighted by atomic mass is 9.97. The molecule has 15 heteroatoms. The molecular weight excluding hydrogens is 780 g/mol. The number of rotatable bonds is 6. The average Bonchev–Trinajstić information content (AvgIpc) is 2.80. The van der Waals surface area contributed by atoms with Gasteiger partial charge in [-0.15, -0.1) is 24.0 Å². The molecular formula is C17H30FI3O11. The molecule has 3 aliphatic rings. The summed E-state index contributed by atoms with van der Waals surface area (Å²) >= 11 is 4.24. The second-order valence-corrected chi connectivity index (χ2v) is 7.39. The molecule has 0 aromatic carbocycles. The molecule has 3 aliphatic heterocycles. The van der Waals surface area contributed by atoms with Crippen molar-refractivity contribution in [3.63, 3.8) is 0 Å². The van der Waals surface area contributed by atoms with Crippen LogP contribution >= 0.6 is 61.2 Å². The van der Waals surface area contributed by atoms with Crippen LogP contribution in [-0.4, -0.2) is 118 Å². The zero-order valence-corrected chi connectivity index (χ0v) is 23.5. The lowest BCUT2D eigenvalue weighted by Crippen LogP contribution is -2.64. The molecule has 3 rings (SSSR count). The van der Waals surface area contributed by atoms with Crippen LogP contribution in [0.1, 0.15) is 19.3 Å². The van der Waals surface area contributed by atoms with E-state index in [2.05, 4.69) is 37.2 Å². The molecule has 0 aromatic rings. The molecule has 5 unspecified atom stereocenters. The van der Waals surface area contributed by atoms with Gasteiger partial charge in [-0.3, -0.25) is 0 Å². The fraction of sp³-hybridized carbons (Fsp3) is 1.00. The summed E-state index contributed by atoms with van der Waals surface area (Å²) in [7, 11) is 0. The number of hydrogen-bond donors (Lipinski definition) is 6. The highest BCUT2D eigenvalue weighted by molar-refractivity contribution is 15.0. The van der Waals surface area contributed by atoms with Gasteiger partial charge in [-0.1, -0.05) is 0 Å². The molecule has 3 saturated heterocycles. The van der Waals surface area contributed by atoms with Gasteiger partial charge >= 0.3 is 0 Å². The van der Waals surface area contributed by atoms with Crippen LogP contribution in [0, 0.1) is 0 Å². The van der Waals surface area contributed by atoms with Crippen LogP contribution in [0.4, 0.5) is 4.39 Å². The molecule has 11 atom stereocenters. The van der Waals surface area contributed by atoms with Crippen LogP contribution in [0.25, 0.3) is 0 Å². The highest BCUT2D eigenvalue weighted by atomic mass is 128. The summed E-state index contributed by atoms with van der Waals surface area (Å²) in [5.41, 5.74) is 0. The minimum absolute atomic E-state index is 0. The highest BCUT2D eigenvalue weighted by Gasteiger charge is 2.51. The van der Waals surface area contributed by atoms with Gasteiger partial charge in [-0.2, -0.15) is 0 Å². The molecule has 6 N–H and O–H groups in total. The molecule has 0 aromatic heterocycles. The standard InChI is InChI=1S/C17H29FO11.I2.HI/c18-16-12(23)10(21)15(7(5-19)26-16)29-17-13(24)11(22)14(8(6-20)27-17)28-9-3-1-2-4-25-9;1-2;/h7-17,19-24H,1-6H2;;1H/t7?,8?,9?,10-,11-,12?,13?,14-,15-,16+,17-;;/m1../s1. The molecule has 0 amide bonds. The SMILES string of the molecule is I.II.OCC1O[C@H](O[C@@H]2C(CO)O[C@H](F)C(O)[C@H]2O)C(O)[C@@H](O)[C@@H]1OC1CCCCO1. The third-order valence-electron chi connectivity index (χ3n) is 5.36. The Hall–Kier alpha value is 1.68. The lowest BCUT2D eigenvalue weighted by Gasteiger charge is -2.46. The summed E-state index contributed by atoms with van der Waals surface area (Å²) < 4.78 is 40.4. The normalized spacial score (nSPS) is 44.7. The molecule has 0 spiro atoms. The zero-order chi connectivity index (χ0) is 23.1. The summed E-state index contributed by atoms with van der Waals surface area (Å²) in [4.78, 5) is 0. The van der Waals surface area contributed by atoms with Gasteiger partial charge in [0, 0.05) is 43.8 Å². The predicted octanol–water partition coefficient (Wildman–Crippen LogP) is -0.480. The Balaban J connectivity index is 0.00000166. The van der Waals surface area contributed by atoms with E-state index in [-0.39, 0.29) is 24.0 Å². The topological polar surface area (TPSA) is 168 Å². The van der Waals surface area contributed by atoms with Gasteiger partial charge in [0.05, 0.1) is 13.2 Å². The Morgan fingerprint density at radius 2 is 1.38 bits per heavy atom. The van der Waals surface area contributed by atoms with Crippen LogP contribution in [0.3, 0.4) is 0 Å². The maximum atomic E-state index is 13.6. The van der Waals surface area contributed by atoms with Crippen LogP contribution in [0.2, 0.25) is 0 Å². The van der Waals surface area contributed by atoms with E-state index in [1.165, 1.54) is 0 Å². The second-order valence-electron chi connectivity index (χ2n) is 7.39. The van der Waals surface area contributed by atoms with Gasteiger partial charge in [0.25, 0.3) is 0 Å². The summed E-state index contributed by atoms with van der Waals surface area (Å²) in [6, 6.07) is 0. The molecule has 3 fully saturated rings. The first kappa shape index (κ1) is 31.7. The largest absolute Gasteiger partial charge is 0.394 e. The van der Waals surface area contributed by atoms with E-state index in [4.69, 9.17) is 23.7 Å². The first-order valence-electron chi connectivity index (χ1n) is 9.83. The number of aliphatic hydroxyl groups excluding tert-OH is 6. The average molecular weight is 810 g/mol. The Morgan fingerprint density at radius 1 is 0.812 bits per heavy atom. The molecule has 0 saturated carbocycles. The van der Waals surface area contributed by atoms with Gasteiger partial charge in [-0.25, -0.2) is 4.39 Å². The third-order valence-corrected chi connectivity index (χ3v) is 5.36. The quantitative estimate of drug-likeness (QED) is 0.192. The number of alkyl halides is 1. The molecule has 0 bridgehead atoms. The van der Waals surface area contributed by atoms with Gasteiger partial charge in [0.1, 0.15) is 48.8 Å². The summed E-state index contributed by atoms with van der Waals surface area (Å²) in [5.74, 6) is 0. The van der Waals surface area contributed by atoms with E-state index in [1.54, 1.807) is 0 Å². The lowest BCUT2D eigenvalue weighted by molar-refractivity contribution is -0.361. The number of halogens is 4. The van der Waals surface area contributed by atoms with E-state index in [0.717, 1.165) is 12.8 Å². The van der Waals surface area contributed by atoms with E-state index in [9.17, 15) is 35.0 Å². The molecule has 0 aliphatic carbocycles. The van der Waals surface area contributed by atoms with E-state index in [0.29, 0.717) is 13.0 Å². The van der Waals surface area contributed by atoms with Crippen molar-refractivity contribution in [2.24, 2.45) is 0 Å². The molecule has 192 valence electrons. The smallest absolute Gasteiger partial charge is 0.228 e. The maximum Gasteiger partial charge on any atom is 0.228 e. The molecule has 32 heavy (non-hydrogen) atoms. The van der Waals surface area contributed by atoms with Crippen LogP contribution < -0.4 is 0 Å². The van der Waals surface area contributed by atoms with Crippen molar-refractivity contribution in [1.29, 1.82) is 0 Å². The van der Waals surface area contributed by atoms with E-state index >= 15 is 0 Å². The Kier molecular flexibility index (Phi) is 15.6. The fourth-order valence-corrected chi connectivity index (χ4v) is 3.69. The van der Waals surface area contributed by atoms with Crippen molar-refractivity contribution >= 4 is 61.2 Å². The fourth-order valence-electron chi connectivity index (χ4n) is 3.69. The van der Waals surface area contributed by atoms with Gasteiger partial charge in [-0.05, 0) is 19.3 Å². The van der Waals surface area contributed by atoms with Crippen molar-refractivity contribution in [3.05, 3.63) is 0 Å². The summed E-state index contributed by atoms with van der Waals surface area (Å²) in [5, 5.41) is 59.7. The number of hydrogen-bond acceptors (Lipinski definition) is 11. The Morgan fingerprint density at radius 3 is 1.94 bits per heavy atom. The van der Waals surface area contributed by atoms with Crippen molar-refractivity contribution in [3.8, 4) is 0 Å². The van der Waals surface area contributed by atoms with Crippen molar-refractivity contribution in [2.75, 3.05) is 19.8 Å². The number of aliphatic hydroxyl groups is 6. The zero-order valence-electron chi connectivity index (χ0n) is 16.9. The third kappa shape index (κ3) is 7.84. The van der Waals surface area contributed by atoms with Gasteiger partial charge < -0.3 is 54.3 Å². The van der Waals surface area contributed by atoms with Crippen molar-refractivity contribution in [2.45, 2.75) is 87.0 Å². The summed E-state index contributed by atoms with van der Waals surface area (Å²) in [6.45, 7) is -0.829. The van der Waals surface area contributed by atoms with E-state index < -0.39 is 81.0 Å².